The molecule has 0 aliphatic carbocycles. The maximum absolute atomic E-state index is 4.99. The van der Waals surface area contributed by atoms with Crippen LogP contribution in [-0.2, 0) is 0 Å². The second-order valence-corrected chi connectivity index (χ2v) is 8.16. The zero-order valence-corrected chi connectivity index (χ0v) is 17.3. The number of imidazole rings is 2. The second kappa shape index (κ2) is 6.78. The summed E-state index contributed by atoms with van der Waals surface area (Å²) < 4.78 is 4.53. The van der Waals surface area contributed by atoms with Crippen LogP contribution in [0.15, 0.2) is 102 Å². The van der Waals surface area contributed by atoms with Crippen molar-refractivity contribution in [1.82, 2.24) is 14.0 Å². The molecule has 0 saturated heterocycles. The quantitative estimate of drug-likeness (QED) is 0.301. The molecule has 144 valence electrons. The Morgan fingerprint density at radius 1 is 0.700 bits per heavy atom. The molecule has 4 aromatic carbocycles. The minimum absolute atomic E-state index is 0.938. The lowest BCUT2D eigenvalue weighted by Crippen LogP contribution is -1.94. The first-order valence-corrected chi connectivity index (χ1v) is 11.2. The molecule has 0 N–H and O–H groups in total. The lowest BCUT2D eigenvalue weighted by molar-refractivity contribution is 1.11. The Kier molecular flexibility index (Phi) is 3.93. The van der Waals surface area contributed by atoms with Crippen molar-refractivity contribution in [2.45, 2.75) is 4.90 Å². The third-order valence-electron chi connectivity index (χ3n) is 5.63. The average Bonchev–Trinajstić information content (AvgIpc) is 3.33. The van der Waals surface area contributed by atoms with Crippen molar-refractivity contribution in [1.29, 1.82) is 0 Å². The second-order valence-electron chi connectivity index (χ2n) is 7.31. The molecule has 0 radical (unpaired) electrons. The molecule has 6 rings (SSSR count). The van der Waals surface area contributed by atoms with Crippen LogP contribution < -0.4 is 0 Å². The van der Waals surface area contributed by atoms with Crippen LogP contribution in [0.25, 0.3) is 44.7 Å². The van der Waals surface area contributed by atoms with Gasteiger partial charge in [0.05, 0.1) is 22.1 Å². The summed E-state index contributed by atoms with van der Waals surface area (Å²) in [6.45, 7) is 0. The van der Waals surface area contributed by atoms with Crippen LogP contribution in [0.3, 0.4) is 0 Å². The van der Waals surface area contributed by atoms with E-state index < -0.39 is 0 Å². The van der Waals surface area contributed by atoms with Gasteiger partial charge in [0, 0.05) is 10.6 Å². The van der Waals surface area contributed by atoms with Crippen LogP contribution >= 0.6 is 11.8 Å². The Morgan fingerprint density at radius 3 is 2.33 bits per heavy atom. The van der Waals surface area contributed by atoms with E-state index >= 15 is 0 Å². The molecule has 30 heavy (non-hydrogen) atoms. The van der Waals surface area contributed by atoms with E-state index in [1.165, 1.54) is 16.0 Å². The van der Waals surface area contributed by atoms with Crippen molar-refractivity contribution < 1.29 is 0 Å². The molecule has 0 aliphatic heterocycles. The summed E-state index contributed by atoms with van der Waals surface area (Å²) >= 11 is 1.78. The highest BCUT2D eigenvalue weighted by Gasteiger charge is 2.18. The number of hydrogen-bond acceptors (Lipinski definition) is 2. The number of thioether (sulfide) groups is 1. The van der Waals surface area contributed by atoms with E-state index in [-0.39, 0.29) is 0 Å². The van der Waals surface area contributed by atoms with Crippen molar-refractivity contribution in [3.63, 3.8) is 0 Å². The Labute approximate surface area is 178 Å². The number of hydrogen-bond donors (Lipinski definition) is 0. The highest BCUT2D eigenvalue weighted by Crippen LogP contribution is 2.35. The van der Waals surface area contributed by atoms with E-state index in [4.69, 9.17) is 4.98 Å². The Bertz CT molecular complexity index is 1530. The monoisotopic (exact) mass is 405 g/mol. The summed E-state index contributed by atoms with van der Waals surface area (Å²) in [5, 5.41) is 0. The Balaban J connectivity index is 1.74. The van der Waals surface area contributed by atoms with Crippen molar-refractivity contribution in [3.05, 3.63) is 97.1 Å². The van der Waals surface area contributed by atoms with Crippen molar-refractivity contribution >= 4 is 39.6 Å². The first kappa shape index (κ1) is 17.4. The summed E-state index contributed by atoms with van der Waals surface area (Å²) in [7, 11) is 0. The topological polar surface area (TPSA) is 22.2 Å². The van der Waals surface area contributed by atoms with Crippen LogP contribution in [0.2, 0.25) is 0 Å². The van der Waals surface area contributed by atoms with E-state index in [0.29, 0.717) is 0 Å². The van der Waals surface area contributed by atoms with Crippen LogP contribution in [0, 0.1) is 0 Å². The van der Waals surface area contributed by atoms with Gasteiger partial charge < -0.3 is 0 Å². The maximum Gasteiger partial charge on any atom is 0.220 e. The molecule has 0 amide bonds. The van der Waals surface area contributed by atoms with Crippen LogP contribution in [0.4, 0.5) is 0 Å². The molecule has 2 heterocycles. The van der Waals surface area contributed by atoms with Gasteiger partial charge in [-0.15, -0.1) is 11.8 Å². The lowest BCUT2D eigenvalue weighted by Gasteiger charge is -2.09. The Morgan fingerprint density at radius 2 is 1.47 bits per heavy atom. The van der Waals surface area contributed by atoms with Gasteiger partial charge in [0.2, 0.25) is 5.78 Å². The van der Waals surface area contributed by atoms with E-state index in [1.807, 2.05) is 12.1 Å². The van der Waals surface area contributed by atoms with Gasteiger partial charge in [0.1, 0.15) is 0 Å². The van der Waals surface area contributed by atoms with Gasteiger partial charge >= 0.3 is 0 Å². The molecule has 3 nitrogen and oxygen atoms in total. The van der Waals surface area contributed by atoms with Gasteiger partial charge in [0.15, 0.2) is 0 Å². The zero-order valence-electron chi connectivity index (χ0n) is 16.5. The number of nitrogens with zero attached hydrogens (tertiary/aromatic N) is 3. The SMILES string of the molecule is CSc1ccccc1-c1ccc2c(c1)n1c3ccccc3nc1n2-c1ccccc1. The summed E-state index contributed by atoms with van der Waals surface area (Å²) in [6.07, 6.45) is 2.13. The van der Waals surface area contributed by atoms with Gasteiger partial charge in [-0.3, -0.25) is 8.97 Å². The summed E-state index contributed by atoms with van der Waals surface area (Å²) in [5.41, 5.74) is 8.05. The predicted octanol–water partition coefficient (Wildman–Crippen LogP) is 6.82. The fraction of sp³-hybridized carbons (Fsp3) is 0.0385. The highest BCUT2D eigenvalue weighted by atomic mass is 32.2. The molecule has 2 aromatic heterocycles. The predicted molar refractivity (Wildman–Crippen MR) is 127 cm³/mol. The third-order valence-corrected chi connectivity index (χ3v) is 6.43. The van der Waals surface area contributed by atoms with Crippen LogP contribution in [0.1, 0.15) is 0 Å². The van der Waals surface area contributed by atoms with Gasteiger partial charge in [-0.1, -0.05) is 54.6 Å². The largest absolute Gasteiger partial charge is 0.278 e. The minimum Gasteiger partial charge on any atom is -0.278 e. The molecular formula is C26H19N3S. The van der Waals surface area contributed by atoms with Crippen LogP contribution in [0.5, 0.6) is 0 Å². The van der Waals surface area contributed by atoms with Crippen molar-refractivity contribution in [2.24, 2.45) is 0 Å². The molecule has 0 spiro atoms. The molecule has 0 saturated carbocycles. The first-order chi connectivity index (χ1) is 14.8. The van der Waals surface area contributed by atoms with Gasteiger partial charge in [-0.05, 0) is 59.8 Å². The third kappa shape index (κ3) is 2.50. The summed E-state index contributed by atoms with van der Waals surface area (Å²) in [5.74, 6) is 0.938. The van der Waals surface area contributed by atoms with Crippen molar-refractivity contribution in [3.8, 4) is 16.8 Å². The number of para-hydroxylation sites is 3. The standard InChI is InChI=1S/C26H19N3S/c1-30-25-14-8-5-11-20(25)18-15-16-23-24(17-18)29-22-13-7-6-12-21(22)27-26(29)28(23)19-9-3-2-4-10-19/h2-17H,1H3. The van der Waals surface area contributed by atoms with E-state index in [2.05, 4.69) is 100 Å². The molecule has 0 aliphatic rings. The molecule has 0 atom stereocenters. The molecule has 6 aromatic rings. The molecule has 0 bridgehead atoms. The van der Waals surface area contributed by atoms with Gasteiger partial charge in [-0.25, -0.2) is 4.98 Å². The summed E-state index contributed by atoms with van der Waals surface area (Å²) in [6, 6.07) is 34.1. The number of fused-ring (bicyclic) bond motifs is 5. The number of aromatic nitrogens is 3. The highest BCUT2D eigenvalue weighted by molar-refractivity contribution is 7.98. The molecule has 0 fully saturated rings. The molecule has 0 unspecified atom stereocenters. The zero-order chi connectivity index (χ0) is 20.1. The maximum atomic E-state index is 4.99. The molecule has 4 heteroatoms. The number of benzene rings is 4. The smallest absolute Gasteiger partial charge is 0.220 e. The number of rotatable bonds is 3. The van der Waals surface area contributed by atoms with Crippen LogP contribution in [-0.4, -0.2) is 20.2 Å². The average molecular weight is 406 g/mol. The van der Waals surface area contributed by atoms with E-state index in [0.717, 1.165) is 33.5 Å². The lowest BCUT2D eigenvalue weighted by atomic mass is 10.0. The van der Waals surface area contributed by atoms with Crippen molar-refractivity contribution in [2.75, 3.05) is 6.26 Å². The fourth-order valence-corrected chi connectivity index (χ4v) is 4.90. The molecular weight excluding hydrogens is 386 g/mol. The normalized spacial score (nSPS) is 11.6. The minimum atomic E-state index is 0.938. The fourth-order valence-electron chi connectivity index (χ4n) is 4.28. The first-order valence-electron chi connectivity index (χ1n) is 9.95. The Hall–Kier alpha value is -3.50. The van der Waals surface area contributed by atoms with Gasteiger partial charge in [0.25, 0.3) is 0 Å². The van der Waals surface area contributed by atoms with Gasteiger partial charge in [-0.2, -0.15) is 0 Å². The van der Waals surface area contributed by atoms with E-state index in [1.54, 1.807) is 11.8 Å². The van der Waals surface area contributed by atoms with E-state index in [9.17, 15) is 0 Å². The summed E-state index contributed by atoms with van der Waals surface area (Å²) in [4.78, 5) is 6.27.